The Kier molecular flexibility index (Phi) is 2.10. The quantitative estimate of drug-likeness (QED) is 0.803. The van der Waals surface area contributed by atoms with Crippen LogP contribution in [0.25, 0.3) is 5.69 Å². The Hall–Kier alpha value is -1.98. The lowest BCUT2D eigenvalue weighted by atomic mass is 10.0. The highest BCUT2D eigenvalue weighted by Crippen LogP contribution is 2.34. The lowest BCUT2D eigenvalue weighted by Gasteiger charge is -2.28. The second kappa shape index (κ2) is 3.51. The van der Waals surface area contributed by atoms with Crippen LogP contribution in [0.15, 0.2) is 12.5 Å². The first-order valence-corrected chi connectivity index (χ1v) is 5.67. The third-order valence-electron chi connectivity index (χ3n) is 3.02. The van der Waals surface area contributed by atoms with Crippen molar-refractivity contribution in [2.24, 2.45) is 5.92 Å². The van der Waals surface area contributed by atoms with Gasteiger partial charge in [-0.3, -0.25) is 4.57 Å². The van der Waals surface area contributed by atoms with Crippen LogP contribution in [-0.4, -0.2) is 24.7 Å². The number of rotatable bonds is 1. The minimum absolute atomic E-state index is 0.138. The van der Waals surface area contributed by atoms with Gasteiger partial charge in [-0.15, -0.1) is 10.2 Å². The largest absolute Gasteiger partial charge is 0.358 e. The molecule has 0 saturated heterocycles. The van der Waals surface area contributed by atoms with Gasteiger partial charge >= 0.3 is 0 Å². The summed E-state index contributed by atoms with van der Waals surface area (Å²) in [5, 5.41) is 11.8. The molecular formula is C11H14N6. The highest BCUT2D eigenvalue weighted by molar-refractivity contribution is 5.58. The van der Waals surface area contributed by atoms with Gasteiger partial charge in [-0.05, 0) is 12.8 Å². The molecular weight excluding hydrogens is 216 g/mol. The number of nitrogens with zero attached hydrogens (tertiary/aromatic N) is 5. The maximum Gasteiger partial charge on any atom is 0.160 e. The predicted molar refractivity (Wildman–Crippen MR) is 62.9 cm³/mol. The van der Waals surface area contributed by atoms with Gasteiger partial charge in [-0.25, -0.2) is 9.97 Å². The lowest BCUT2D eigenvalue weighted by molar-refractivity contribution is 0.503. The summed E-state index contributed by atoms with van der Waals surface area (Å²) in [5.74, 6) is 3.05. The summed E-state index contributed by atoms with van der Waals surface area (Å²) in [5.41, 5.74) is 0.918. The molecule has 0 fully saturated rings. The molecule has 0 amide bonds. The van der Waals surface area contributed by atoms with E-state index < -0.39 is 0 Å². The van der Waals surface area contributed by atoms with Crippen LogP contribution in [0.1, 0.15) is 31.5 Å². The second-order valence-electron chi connectivity index (χ2n) is 4.56. The minimum Gasteiger partial charge on any atom is -0.358 e. The Labute approximate surface area is 99.1 Å². The number of hydrogen-bond donors (Lipinski definition) is 1. The summed E-state index contributed by atoms with van der Waals surface area (Å²) >= 11 is 0. The third-order valence-corrected chi connectivity index (χ3v) is 3.02. The van der Waals surface area contributed by atoms with Crippen LogP contribution in [0, 0.1) is 12.8 Å². The average Bonchev–Trinajstić information content (AvgIpc) is 2.71. The van der Waals surface area contributed by atoms with Gasteiger partial charge in [0.1, 0.15) is 17.8 Å². The number of anilines is 1. The number of nitrogens with one attached hydrogen (secondary N) is 1. The molecule has 2 aromatic heterocycles. The Balaban J connectivity index is 2.24. The van der Waals surface area contributed by atoms with Crippen molar-refractivity contribution in [1.29, 1.82) is 0 Å². The number of hydrogen-bond acceptors (Lipinski definition) is 5. The van der Waals surface area contributed by atoms with Crippen LogP contribution in [-0.2, 0) is 0 Å². The fourth-order valence-electron chi connectivity index (χ4n) is 2.15. The normalized spacial score (nSPS) is 17.5. The second-order valence-corrected chi connectivity index (χ2v) is 4.56. The van der Waals surface area contributed by atoms with Crippen LogP contribution in [0.2, 0.25) is 0 Å². The summed E-state index contributed by atoms with van der Waals surface area (Å²) in [6.07, 6.45) is 3.33. The van der Waals surface area contributed by atoms with Gasteiger partial charge in [0.05, 0.1) is 12.2 Å². The van der Waals surface area contributed by atoms with Gasteiger partial charge in [-0.2, -0.15) is 0 Å². The van der Waals surface area contributed by atoms with Gasteiger partial charge in [0.25, 0.3) is 0 Å². The molecule has 0 aliphatic carbocycles. The highest BCUT2D eigenvalue weighted by atomic mass is 15.3. The molecule has 1 atom stereocenters. The van der Waals surface area contributed by atoms with Crippen LogP contribution in [0.3, 0.4) is 0 Å². The average molecular weight is 230 g/mol. The van der Waals surface area contributed by atoms with E-state index in [2.05, 4.69) is 39.3 Å². The SMILES string of the molecule is Cc1nnc2n1-c1cncnc1NC2C(C)C. The van der Waals surface area contributed by atoms with E-state index in [-0.39, 0.29) is 6.04 Å². The van der Waals surface area contributed by atoms with E-state index in [0.29, 0.717) is 5.92 Å². The Morgan fingerprint density at radius 2 is 2.18 bits per heavy atom. The van der Waals surface area contributed by atoms with Crippen LogP contribution >= 0.6 is 0 Å². The van der Waals surface area contributed by atoms with Gasteiger partial charge in [0.2, 0.25) is 0 Å². The van der Waals surface area contributed by atoms with Crippen molar-refractivity contribution >= 4 is 5.82 Å². The van der Waals surface area contributed by atoms with Crippen molar-refractivity contribution < 1.29 is 0 Å². The van der Waals surface area contributed by atoms with E-state index >= 15 is 0 Å². The van der Waals surface area contributed by atoms with Gasteiger partial charge < -0.3 is 5.32 Å². The maximum absolute atomic E-state index is 4.27. The summed E-state index contributed by atoms with van der Waals surface area (Å²) in [6.45, 7) is 6.24. The van der Waals surface area contributed by atoms with Crippen LogP contribution in [0.5, 0.6) is 0 Å². The molecule has 0 spiro atoms. The number of aryl methyl sites for hydroxylation is 1. The molecule has 3 rings (SSSR count). The molecule has 0 aromatic carbocycles. The Bertz CT molecular complexity index is 559. The van der Waals surface area contributed by atoms with E-state index in [1.807, 2.05) is 11.5 Å². The molecule has 3 heterocycles. The number of aromatic nitrogens is 5. The summed E-state index contributed by atoms with van der Waals surface area (Å²) in [7, 11) is 0. The van der Waals surface area contributed by atoms with Crippen LogP contribution < -0.4 is 5.32 Å². The summed E-state index contributed by atoms with van der Waals surface area (Å²) in [6, 6.07) is 0.138. The van der Waals surface area contributed by atoms with Crippen molar-refractivity contribution in [3.63, 3.8) is 0 Å². The van der Waals surface area contributed by atoms with E-state index in [1.54, 1.807) is 12.5 Å². The monoisotopic (exact) mass is 230 g/mol. The first-order valence-electron chi connectivity index (χ1n) is 5.67. The molecule has 0 saturated carbocycles. The molecule has 17 heavy (non-hydrogen) atoms. The summed E-state index contributed by atoms with van der Waals surface area (Å²) in [4.78, 5) is 8.33. The Morgan fingerprint density at radius 3 is 2.94 bits per heavy atom. The fraction of sp³-hybridized carbons (Fsp3) is 0.455. The molecule has 1 aliphatic heterocycles. The third kappa shape index (κ3) is 1.40. The molecule has 2 aromatic rings. The zero-order chi connectivity index (χ0) is 12.0. The smallest absolute Gasteiger partial charge is 0.160 e. The van der Waals surface area contributed by atoms with E-state index in [0.717, 1.165) is 23.2 Å². The standard InChI is InChI=1S/C11H14N6/c1-6(2)9-11-16-15-7(3)17(11)8-4-12-5-13-10(8)14-9/h4-6,9H,1-3H3,(H,12,13,14). The Morgan fingerprint density at radius 1 is 1.35 bits per heavy atom. The number of fused-ring (bicyclic) bond motifs is 3. The van der Waals surface area contributed by atoms with Crippen molar-refractivity contribution in [3.8, 4) is 5.69 Å². The molecule has 0 bridgehead atoms. The zero-order valence-corrected chi connectivity index (χ0v) is 10.0. The van der Waals surface area contributed by atoms with Gasteiger partial charge in [0.15, 0.2) is 11.6 Å². The first-order chi connectivity index (χ1) is 8.18. The molecule has 88 valence electrons. The molecule has 1 N–H and O–H groups in total. The highest BCUT2D eigenvalue weighted by Gasteiger charge is 2.30. The van der Waals surface area contributed by atoms with Crippen molar-refractivity contribution in [3.05, 3.63) is 24.2 Å². The van der Waals surface area contributed by atoms with Crippen molar-refractivity contribution in [2.45, 2.75) is 26.8 Å². The van der Waals surface area contributed by atoms with E-state index in [1.165, 1.54) is 0 Å². The molecule has 1 aliphatic rings. The fourth-order valence-corrected chi connectivity index (χ4v) is 2.15. The minimum atomic E-state index is 0.138. The molecule has 1 unspecified atom stereocenters. The maximum atomic E-state index is 4.27. The lowest BCUT2D eigenvalue weighted by Crippen LogP contribution is -2.27. The van der Waals surface area contributed by atoms with Crippen molar-refractivity contribution in [2.75, 3.05) is 5.32 Å². The predicted octanol–water partition coefficient (Wildman–Crippen LogP) is 1.49. The first kappa shape index (κ1) is 10.2. The van der Waals surface area contributed by atoms with Gasteiger partial charge in [-0.1, -0.05) is 13.8 Å². The zero-order valence-electron chi connectivity index (χ0n) is 10.0. The molecule has 6 heteroatoms. The van der Waals surface area contributed by atoms with E-state index in [4.69, 9.17) is 0 Å². The van der Waals surface area contributed by atoms with Crippen LogP contribution in [0.4, 0.5) is 5.82 Å². The van der Waals surface area contributed by atoms with Crippen molar-refractivity contribution in [1.82, 2.24) is 24.7 Å². The molecule has 0 radical (unpaired) electrons. The van der Waals surface area contributed by atoms with Gasteiger partial charge in [0, 0.05) is 0 Å². The van der Waals surface area contributed by atoms with E-state index in [9.17, 15) is 0 Å². The summed E-state index contributed by atoms with van der Waals surface area (Å²) < 4.78 is 2.02. The molecule has 6 nitrogen and oxygen atoms in total. The topological polar surface area (TPSA) is 68.5 Å².